The van der Waals surface area contributed by atoms with Crippen molar-refractivity contribution in [1.82, 2.24) is 5.32 Å². The van der Waals surface area contributed by atoms with Crippen molar-refractivity contribution in [3.05, 3.63) is 138 Å². The van der Waals surface area contributed by atoms with Crippen molar-refractivity contribution in [3.8, 4) is 0 Å². The molecule has 1 heterocycles. The highest BCUT2D eigenvalue weighted by Gasteiger charge is 2.51. The lowest BCUT2D eigenvalue weighted by Gasteiger charge is -2.36. The molecule has 4 aromatic carbocycles. The molecule has 0 radical (unpaired) electrons. The second kappa shape index (κ2) is 12.2. The number of carbonyl (C=O) groups is 2. The largest absolute Gasteiger partial charge is 0.494 e. The monoisotopic (exact) mass is 574 g/mol. The molecule has 2 amide bonds. The lowest BCUT2D eigenvalue weighted by Crippen LogP contribution is -2.48. The van der Waals surface area contributed by atoms with Crippen LogP contribution in [0.5, 0.6) is 0 Å². The maximum Gasteiger partial charge on any atom is 0.494 e. The first-order valence-corrected chi connectivity index (χ1v) is 14.7. The molecule has 1 saturated heterocycles. The lowest BCUT2D eigenvalue weighted by molar-refractivity contribution is -0.127. The standard InChI is InChI=1S/C36H39BN2O4/c1-34(2)35(3,4)43-37(42-34)30-22-20-26(21-23-30)24-31(33(38)41)39-32(40)25-36(27-14-8-5-9-15-27,28-16-10-6-11-17-28)29-18-12-7-13-19-29/h5-23,31H,24-25H2,1-4H3,(H2,38,41)(H,39,40)/t31-/m1/s1. The molecule has 1 fully saturated rings. The number of benzene rings is 4. The summed E-state index contributed by atoms with van der Waals surface area (Å²) in [6, 6.07) is 36.9. The molecular formula is C36H39BN2O4. The molecule has 0 unspecified atom stereocenters. The molecule has 1 aliphatic heterocycles. The van der Waals surface area contributed by atoms with Crippen molar-refractivity contribution >= 4 is 24.4 Å². The quantitative estimate of drug-likeness (QED) is 0.208. The number of nitrogens with one attached hydrogen (secondary N) is 1. The van der Waals surface area contributed by atoms with Crippen LogP contribution in [-0.4, -0.2) is 36.2 Å². The minimum Gasteiger partial charge on any atom is -0.399 e. The summed E-state index contributed by atoms with van der Waals surface area (Å²) >= 11 is 0. The molecule has 0 bridgehead atoms. The number of carbonyl (C=O) groups excluding carboxylic acids is 2. The zero-order valence-corrected chi connectivity index (χ0v) is 25.2. The second-order valence-corrected chi connectivity index (χ2v) is 12.2. The zero-order chi connectivity index (χ0) is 30.7. The Bertz CT molecular complexity index is 1430. The van der Waals surface area contributed by atoms with E-state index in [0.29, 0.717) is 0 Å². The number of hydrogen-bond acceptors (Lipinski definition) is 4. The number of hydrogen-bond donors (Lipinski definition) is 2. The van der Waals surface area contributed by atoms with Crippen LogP contribution in [0, 0.1) is 0 Å². The first-order chi connectivity index (χ1) is 20.5. The van der Waals surface area contributed by atoms with Gasteiger partial charge in [0.25, 0.3) is 0 Å². The van der Waals surface area contributed by atoms with Crippen LogP contribution in [0.25, 0.3) is 0 Å². The van der Waals surface area contributed by atoms with Gasteiger partial charge in [-0.25, -0.2) is 0 Å². The van der Waals surface area contributed by atoms with Gasteiger partial charge in [-0.2, -0.15) is 0 Å². The van der Waals surface area contributed by atoms with Gasteiger partial charge in [-0.05, 0) is 55.4 Å². The van der Waals surface area contributed by atoms with E-state index in [-0.39, 0.29) is 18.7 Å². The maximum absolute atomic E-state index is 13.9. The van der Waals surface area contributed by atoms with E-state index < -0.39 is 35.7 Å². The molecule has 0 spiro atoms. The molecule has 220 valence electrons. The smallest absolute Gasteiger partial charge is 0.399 e. The van der Waals surface area contributed by atoms with E-state index >= 15 is 0 Å². The maximum atomic E-state index is 13.9. The van der Waals surface area contributed by atoms with E-state index in [9.17, 15) is 9.59 Å². The Morgan fingerprint density at radius 1 is 0.721 bits per heavy atom. The van der Waals surface area contributed by atoms with Crippen LogP contribution in [0.1, 0.15) is 56.4 Å². The van der Waals surface area contributed by atoms with Gasteiger partial charge in [-0.3, -0.25) is 9.59 Å². The molecule has 4 aromatic rings. The molecule has 6 nitrogen and oxygen atoms in total. The van der Waals surface area contributed by atoms with E-state index in [2.05, 4.69) is 5.32 Å². The van der Waals surface area contributed by atoms with Gasteiger partial charge < -0.3 is 20.4 Å². The first-order valence-electron chi connectivity index (χ1n) is 14.7. The van der Waals surface area contributed by atoms with Gasteiger partial charge >= 0.3 is 7.12 Å². The van der Waals surface area contributed by atoms with Gasteiger partial charge in [-0.15, -0.1) is 0 Å². The molecule has 3 N–H and O–H groups in total. The van der Waals surface area contributed by atoms with Crippen molar-refractivity contribution in [1.29, 1.82) is 0 Å². The SMILES string of the molecule is CC1(C)OB(c2ccc(C[C@@H](NC(=O)CC(c3ccccc3)(c3ccccc3)c3ccccc3)C(N)=O)cc2)OC1(C)C. The number of amides is 2. The Morgan fingerprint density at radius 2 is 1.14 bits per heavy atom. The molecule has 7 heteroatoms. The van der Waals surface area contributed by atoms with Crippen LogP contribution in [0.4, 0.5) is 0 Å². The summed E-state index contributed by atoms with van der Waals surface area (Å²) in [5.74, 6) is -0.859. The van der Waals surface area contributed by atoms with Crippen LogP contribution in [0.15, 0.2) is 115 Å². The Labute approximate surface area is 254 Å². The number of rotatable bonds is 10. The van der Waals surface area contributed by atoms with Crippen molar-refractivity contribution in [2.24, 2.45) is 5.73 Å². The normalized spacial score (nSPS) is 16.4. The molecule has 0 aliphatic carbocycles. The van der Waals surface area contributed by atoms with Crippen molar-refractivity contribution in [2.45, 2.75) is 63.2 Å². The van der Waals surface area contributed by atoms with Crippen LogP contribution >= 0.6 is 0 Å². The first kappa shape index (κ1) is 30.3. The van der Waals surface area contributed by atoms with Crippen LogP contribution in [0.3, 0.4) is 0 Å². The second-order valence-electron chi connectivity index (χ2n) is 12.2. The summed E-state index contributed by atoms with van der Waals surface area (Å²) in [7, 11) is -0.479. The van der Waals surface area contributed by atoms with Gasteiger partial charge in [-0.1, -0.05) is 115 Å². The van der Waals surface area contributed by atoms with Crippen molar-refractivity contribution < 1.29 is 18.9 Å². The minimum absolute atomic E-state index is 0.0929. The molecule has 0 aromatic heterocycles. The summed E-state index contributed by atoms with van der Waals surface area (Å²) in [6.45, 7) is 8.07. The summed E-state index contributed by atoms with van der Waals surface area (Å²) in [5.41, 5.74) is 8.87. The Balaban J connectivity index is 1.39. The van der Waals surface area contributed by atoms with Gasteiger partial charge in [0.1, 0.15) is 6.04 Å². The zero-order valence-electron chi connectivity index (χ0n) is 25.2. The topological polar surface area (TPSA) is 90.6 Å². The highest BCUT2D eigenvalue weighted by atomic mass is 16.7. The predicted octanol–water partition coefficient (Wildman–Crippen LogP) is 4.92. The molecule has 0 saturated carbocycles. The summed E-state index contributed by atoms with van der Waals surface area (Å²) < 4.78 is 12.3. The molecule has 5 rings (SSSR count). The highest BCUT2D eigenvalue weighted by molar-refractivity contribution is 6.62. The average Bonchev–Trinajstić information content (AvgIpc) is 3.23. The van der Waals surface area contributed by atoms with Gasteiger partial charge in [0.05, 0.1) is 16.6 Å². The van der Waals surface area contributed by atoms with E-state index in [1.54, 1.807) is 0 Å². The molecule has 1 atom stereocenters. The molecular weight excluding hydrogens is 535 g/mol. The number of primary amides is 1. The third-order valence-electron chi connectivity index (χ3n) is 8.85. The van der Waals surface area contributed by atoms with E-state index in [1.165, 1.54) is 0 Å². The lowest BCUT2D eigenvalue weighted by atomic mass is 9.67. The third kappa shape index (κ3) is 6.29. The van der Waals surface area contributed by atoms with Crippen molar-refractivity contribution in [3.63, 3.8) is 0 Å². The molecule has 43 heavy (non-hydrogen) atoms. The molecule has 1 aliphatic rings. The fourth-order valence-corrected chi connectivity index (χ4v) is 5.71. The van der Waals surface area contributed by atoms with E-state index in [1.807, 2.05) is 143 Å². The fraction of sp³-hybridized carbons (Fsp3) is 0.278. The van der Waals surface area contributed by atoms with E-state index in [4.69, 9.17) is 15.0 Å². The third-order valence-corrected chi connectivity index (χ3v) is 8.85. The summed E-state index contributed by atoms with van der Waals surface area (Å²) in [5, 5.41) is 2.96. The van der Waals surface area contributed by atoms with Gasteiger partial charge in [0.2, 0.25) is 11.8 Å². The summed E-state index contributed by atoms with van der Waals surface area (Å²) in [6.07, 6.45) is 0.357. The Morgan fingerprint density at radius 3 is 1.53 bits per heavy atom. The van der Waals surface area contributed by atoms with Crippen LogP contribution in [-0.2, 0) is 30.7 Å². The Hall–Kier alpha value is -4.20. The van der Waals surface area contributed by atoms with E-state index in [0.717, 1.165) is 27.7 Å². The number of nitrogens with two attached hydrogens (primary N) is 1. The van der Waals surface area contributed by atoms with Crippen LogP contribution < -0.4 is 16.5 Å². The van der Waals surface area contributed by atoms with Gasteiger partial charge in [0.15, 0.2) is 0 Å². The highest BCUT2D eigenvalue weighted by Crippen LogP contribution is 2.42. The average molecular weight is 575 g/mol. The predicted molar refractivity (Wildman–Crippen MR) is 171 cm³/mol. The van der Waals surface area contributed by atoms with Crippen LogP contribution in [0.2, 0.25) is 0 Å². The summed E-state index contributed by atoms with van der Waals surface area (Å²) in [4.78, 5) is 26.5. The van der Waals surface area contributed by atoms with Crippen molar-refractivity contribution in [2.75, 3.05) is 0 Å². The minimum atomic E-state index is -0.879. The Kier molecular flexibility index (Phi) is 8.58. The fourth-order valence-electron chi connectivity index (χ4n) is 5.71. The van der Waals surface area contributed by atoms with Gasteiger partial charge in [0, 0.05) is 12.8 Å².